The minimum absolute atomic E-state index is 0.0647. The Morgan fingerprint density at radius 3 is 2.22 bits per heavy atom. The first kappa shape index (κ1) is 35.9. The van der Waals surface area contributed by atoms with Crippen LogP contribution in [0.3, 0.4) is 0 Å². The van der Waals surface area contributed by atoms with Gasteiger partial charge in [-0.2, -0.15) is 13.2 Å². The Labute approximate surface area is 266 Å². The third-order valence-corrected chi connectivity index (χ3v) is 7.51. The summed E-state index contributed by atoms with van der Waals surface area (Å²) >= 11 is 6.23. The van der Waals surface area contributed by atoms with Crippen molar-refractivity contribution >= 4 is 29.4 Å². The van der Waals surface area contributed by atoms with Crippen LogP contribution in [-0.4, -0.2) is 108 Å². The van der Waals surface area contributed by atoms with Gasteiger partial charge in [-0.1, -0.05) is 37.1 Å². The zero-order valence-corrected chi connectivity index (χ0v) is 26.5. The number of methoxy groups -OCH3 is 1. The van der Waals surface area contributed by atoms with Crippen molar-refractivity contribution in [1.29, 1.82) is 0 Å². The molecule has 0 spiro atoms. The number of piperazine rings is 1. The molecular formula is C31H40ClF3N4O6. The number of nitrogens with zero attached hydrogens (tertiary/aromatic N) is 4. The summed E-state index contributed by atoms with van der Waals surface area (Å²) in [7, 11) is 1.63. The van der Waals surface area contributed by atoms with Crippen molar-refractivity contribution in [3.8, 4) is 11.5 Å². The van der Waals surface area contributed by atoms with Crippen LogP contribution in [-0.2, 0) is 4.79 Å². The molecule has 0 saturated carbocycles. The predicted octanol–water partition coefficient (Wildman–Crippen LogP) is 5.47. The van der Waals surface area contributed by atoms with E-state index in [2.05, 4.69) is 11.8 Å². The van der Waals surface area contributed by atoms with Gasteiger partial charge in [0.05, 0.1) is 37.5 Å². The summed E-state index contributed by atoms with van der Waals surface area (Å²) in [5.41, 5.74) is 1.77. The quantitative estimate of drug-likeness (QED) is 0.368. The number of aliphatic hydroxyl groups excluding tert-OH is 1. The molecule has 10 nitrogen and oxygen atoms in total. The molecule has 2 aromatic carbocycles. The highest BCUT2D eigenvalue weighted by molar-refractivity contribution is 6.30. The van der Waals surface area contributed by atoms with Gasteiger partial charge < -0.3 is 24.6 Å². The molecule has 2 N–H and O–H groups in total. The van der Waals surface area contributed by atoms with Gasteiger partial charge in [0.15, 0.2) is 0 Å². The molecule has 0 unspecified atom stereocenters. The van der Waals surface area contributed by atoms with Gasteiger partial charge >= 0.3 is 18.2 Å². The molecular weight excluding hydrogens is 617 g/mol. The Morgan fingerprint density at radius 2 is 1.71 bits per heavy atom. The van der Waals surface area contributed by atoms with Gasteiger partial charge in [0.2, 0.25) is 0 Å². The maximum atomic E-state index is 14.3. The molecule has 14 heteroatoms. The third-order valence-electron chi connectivity index (χ3n) is 7.25. The second kappa shape index (κ2) is 16.1. The molecule has 4 rings (SSSR count). The Balaban J connectivity index is 0.000000707. The molecule has 2 amide bonds. The molecule has 1 saturated heterocycles. The smallest absolute Gasteiger partial charge is 0.490 e. The molecule has 2 aromatic rings. The number of carboxylic acids is 1. The van der Waals surface area contributed by atoms with Crippen molar-refractivity contribution in [1.82, 2.24) is 14.7 Å². The fourth-order valence-electron chi connectivity index (χ4n) is 5.17. The van der Waals surface area contributed by atoms with Crippen LogP contribution in [0.4, 0.5) is 18.0 Å². The lowest BCUT2D eigenvalue weighted by Gasteiger charge is -2.39. The molecule has 1 fully saturated rings. The summed E-state index contributed by atoms with van der Waals surface area (Å²) in [6, 6.07) is 13.0. The van der Waals surface area contributed by atoms with Crippen LogP contribution in [0, 0.1) is 0 Å². The number of β-amino-alcohol motifs (C(OH)–C–C–N with tert-alkyl or cyclic N) is 1. The van der Waals surface area contributed by atoms with E-state index in [1.54, 1.807) is 7.11 Å². The summed E-state index contributed by atoms with van der Waals surface area (Å²) in [5.74, 6) is -0.826. The van der Waals surface area contributed by atoms with Crippen LogP contribution >= 0.6 is 11.6 Å². The van der Waals surface area contributed by atoms with E-state index in [0.717, 1.165) is 37.1 Å². The maximum absolute atomic E-state index is 14.3. The van der Waals surface area contributed by atoms with Crippen molar-refractivity contribution in [2.75, 3.05) is 46.4 Å². The molecule has 2 aliphatic rings. The van der Waals surface area contributed by atoms with Crippen molar-refractivity contribution in [2.45, 2.75) is 58.0 Å². The van der Waals surface area contributed by atoms with Crippen LogP contribution in [0.25, 0.3) is 0 Å². The van der Waals surface area contributed by atoms with E-state index >= 15 is 0 Å². The number of ether oxygens (including phenoxy) is 2. The first-order valence-corrected chi connectivity index (χ1v) is 15.1. The zero-order valence-electron chi connectivity index (χ0n) is 25.8. The van der Waals surface area contributed by atoms with Crippen LogP contribution in [0.5, 0.6) is 11.5 Å². The molecule has 0 aliphatic carbocycles. The number of carbonyl (C=O) groups is 2. The SMILES string of the molecule is CCC[C@H]1N=C(c2ccc(OC)cc2OC(C)C)N(C(=O)N2CCN(CCO)CC2)[C@H]1c1ccc(Cl)cc1.O=C(O)C(F)(F)F. The maximum Gasteiger partial charge on any atom is 0.490 e. The number of aliphatic imine (C=N–C) groups is 1. The van der Waals surface area contributed by atoms with Gasteiger partial charge in [-0.05, 0) is 50.1 Å². The zero-order chi connectivity index (χ0) is 33.3. The lowest BCUT2D eigenvalue weighted by Crippen LogP contribution is -2.54. The van der Waals surface area contributed by atoms with Gasteiger partial charge in [0.1, 0.15) is 17.3 Å². The van der Waals surface area contributed by atoms with Gasteiger partial charge in [-0.3, -0.25) is 14.8 Å². The second-order valence-corrected chi connectivity index (χ2v) is 11.3. The average molecular weight is 657 g/mol. The van der Waals surface area contributed by atoms with Crippen LogP contribution in [0.15, 0.2) is 47.5 Å². The molecule has 2 aliphatic heterocycles. The number of urea groups is 1. The lowest BCUT2D eigenvalue weighted by molar-refractivity contribution is -0.192. The predicted molar refractivity (Wildman–Crippen MR) is 164 cm³/mol. The van der Waals surface area contributed by atoms with E-state index in [9.17, 15) is 23.1 Å². The monoisotopic (exact) mass is 656 g/mol. The standard InChI is InChI=1S/C29H39ClN4O4.C2HF3O2/c1-5-6-25-27(21-7-9-22(30)10-8-21)34(29(36)33-15-13-32(14-16-33)17-18-35)28(31-25)24-12-11-23(37-4)19-26(24)38-20(2)3;3-2(4,5)1(6)7/h7-12,19-20,25,27,35H,5-6,13-18H2,1-4H3;(H,6,7)/t25-,27+;/m1./s1. The van der Waals surface area contributed by atoms with Crippen molar-refractivity contribution in [3.63, 3.8) is 0 Å². The second-order valence-electron chi connectivity index (χ2n) is 10.8. The first-order chi connectivity index (χ1) is 21.3. The van der Waals surface area contributed by atoms with Gasteiger partial charge in [-0.25, -0.2) is 9.59 Å². The first-order valence-electron chi connectivity index (χ1n) is 14.7. The number of rotatable bonds is 9. The van der Waals surface area contributed by atoms with Gasteiger partial charge in [-0.15, -0.1) is 0 Å². The molecule has 2 atom stereocenters. The summed E-state index contributed by atoms with van der Waals surface area (Å²) in [6.07, 6.45) is -3.38. The highest BCUT2D eigenvalue weighted by Crippen LogP contribution is 2.40. The Bertz CT molecular complexity index is 1320. The lowest BCUT2D eigenvalue weighted by atomic mass is 9.96. The van der Waals surface area contributed by atoms with Crippen molar-refractivity contribution in [2.24, 2.45) is 4.99 Å². The molecule has 248 valence electrons. The van der Waals surface area contributed by atoms with E-state index in [1.165, 1.54) is 0 Å². The number of aliphatic carboxylic acids is 1. The molecule has 0 radical (unpaired) electrons. The van der Waals surface area contributed by atoms with Crippen molar-refractivity contribution in [3.05, 3.63) is 58.6 Å². The topological polar surface area (TPSA) is 115 Å². The Hall–Kier alpha value is -3.55. The normalized spacial score (nSPS) is 18.8. The van der Waals surface area contributed by atoms with E-state index in [1.807, 2.05) is 66.1 Å². The molecule has 0 aromatic heterocycles. The van der Waals surface area contributed by atoms with E-state index < -0.39 is 12.1 Å². The number of benzene rings is 2. The highest BCUT2D eigenvalue weighted by atomic mass is 35.5. The van der Waals surface area contributed by atoms with Gasteiger partial charge in [0.25, 0.3) is 0 Å². The number of alkyl halides is 3. The van der Waals surface area contributed by atoms with Crippen LogP contribution < -0.4 is 9.47 Å². The Morgan fingerprint density at radius 1 is 1.09 bits per heavy atom. The molecule has 45 heavy (non-hydrogen) atoms. The molecule has 2 heterocycles. The summed E-state index contributed by atoms with van der Waals surface area (Å²) in [4.78, 5) is 34.3. The minimum atomic E-state index is -5.08. The number of aliphatic hydroxyl groups is 1. The number of amides is 2. The third kappa shape index (κ3) is 9.47. The Kier molecular flexibility index (Phi) is 12.9. The number of hydrogen-bond acceptors (Lipinski definition) is 7. The largest absolute Gasteiger partial charge is 0.497 e. The molecule has 0 bridgehead atoms. The minimum Gasteiger partial charge on any atom is -0.497 e. The van der Waals surface area contributed by atoms with E-state index in [0.29, 0.717) is 42.0 Å². The van der Waals surface area contributed by atoms with E-state index in [-0.39, 0.29) is 30.8 Å². The summed E-state index contributed by atoms with van der Waals surface area (Å²) in [6.45, 7) is 9.45. The van der Waals surface area contributed by atoms with Gasteiger partial charge in [0, 0.05) is 43.8 Å². The fourth-order valence-corrected chi connectivity index (χ4v) is 5.30. The summed E-state index contributed by atoms with van der Waals surface area (Å²) < 4.78 is 43.4. The number of carboxylic acid groups (broad SMARTS) is 1. The van der Waals surface area contributed by atoms with E-state index in [4.69, 9.17) is 36.0 Å². The van der Waals surface area contributed by atoms with Crippen molar-refractivity contribution < 1.29 is 42.4 Å². The number of carbonyl (C=O) groups excluding carboxylic acids is 1. The van der Waals surface area contributed by atoms with Crippen LogP contribution in [0.1, 0.15) is 50.8 Å². The number of amidine groups is 1. The summed E-state index contributed by atoms with van der Waals surface area (Å²) in [5, 5.41) is 17.1. The average Bonchev–Trinajstić information content (AvgIpc) is 3.36. The number of halogens is 4. The number of hydrogen-bond donors (Lipinski definition) is 2. The fraction of sp³-hybridized carbons (Fsp3) is 0.516. The highest BCUT2D eigenvalue weighted by Gasteiger charge is 2.44. The van der Waals surface area contributed by atoms with Crippen LogP contribution in [0.2, 0.25) is 5.02 Å².